The molecule has 0 spiro atoms. The summed E-state index contributed by atoms with van der Waals surface area (Å²) in [5.74, 6) is 2.24. The molecule has 30 heavy (non-hydrogen) atoms. The Morgan fingerprint density at radius 1 is 0.967 bits per heavy atom. The molecule has 0 radical (unpaired) electrons. The number of unbranched alkanes of at least 4 members (excludes halogenated alkanes) is 1. The molecule has 3 N–H and O–H groups in total. The van der Waals surface area contributed by atoms with E-state index >= 15 is 0 Å². The van der Waals surface area contributed by atoms with Crippen molar-refractivity contribution >= 4 is 11.9 Å². The Morgan fingerprint density at radius 2 is 1.73 bits per heavy atom. The molecule has 2 aromatic carbocycles. The van der Waals surface area contributed by atoms with Crippen molar-refractivity contribution in [3.63, 3.8) is 0 Å². The molecule has 0 atom stereocenters. The first-order valence-corrected chi connectivity index (χ1v) is 10.5. The average molecular weight is 411 g/mol. The molecule has 0 unspecified atom stereocenters. The van der Waals surface area contributed by atoms with E-state index in [0.29, 0.717) is 25.2 Å². The molecule has 1 aliphatic rings. The van der Waals surface area contributed by atoms with Crippen molar-refractivity contribution < 1.29 is 14.3 Å². The second-order valence-electron chi connectivity index (χ2n) is 7.04. The van der Waals surface area contributed by atoms with Crippen molar-refractivity contribution in [2.75, 3.05) is 19.9 Å². The van der Waals surface area contributed by atoms with Gasteiger partial charge in [-0.25, -0.2) is 4.99 Å². The van der Waals surface area contributed by atoms with Gasteiger partial charge in [0, 0.05) is 25.2 Å². The molecule has 0 aliphatic carbocycles. The maximum absolute atomic E-state index is 12.1. The number of carbonyl (C=O) groups excluding carboxylic acids is 1. The topological polar surface area (TPSA) is 84.0 Å². The number of benzene rings is 2. The average Bonchev–Trinajstić information content (AvgIpc) is 3.24. The van der Waals surface area contributed by atoms with E-state index in [1.165, 1.54) is 0 Å². The summed E-state index contributed by atoms with van der Waals surface area (Å²) in [5.41, 5.74) is 2.81. The number of carbonyl (C=O) groups is 1. The third kappa shape index (κ3) is 6.14. The highest BCUT2D eigenvalue weighted by molar-refractivity contribution is 5.94. The van der Waals surface area contributed by atoms with Crippen molar-refractivity contribution in [3.8, 4) is 11.5 Å². The van der Waals surface area contributed by atoms with Crippen molar-refractivity contribution in [2.45, 2.75) is 39.8 Å². The second kappa shape index (κ2) is 11.1. The number of guanidine groups is 1. The van der Waals surface area contributed by atoms with Crippen molar-refractivity contribution in [3.05, 3.63) is 59.2 Å². The number of ether oxygens (including phenoxy) is 2. The van der Waals surface area contributed by atoms with E-state index in [9.17, 15) is 4.79 Å². The summed E-state index contributed by atoms with van der Waals surface area (Å²) >= 11 is 0. The van der Waals surface area contributed by atoms with Gasteiger partial charge in [0.05, 0.1) is 6.54 Å². The molecule has 1 amide bonds. The Hall–Kier alpha value is -3.22. The van der Waals surface area contributed by atoms with Crippen LogP contribution in [0.4, 0.5) is 0 Å². The van der Waals surface area contributed by atoms with Crippen LogP contribution in [0.2, 0.25) is 0 Å². The van der Waals surface area contributed by atoms with Gasteiger partial charge in [-0.05, 0) is 48.7 Å². The van der Waals surface area contributed by atoms with E-state index in [-0.39, 0.29) is 12.7 Å². The van der Waals surface area contributed by atoms with Crippen molar-refractivity contribution in [1.82, 2.24) is 16.0 Å². The van der Waals surface area contributed by atoms with Crippen LogP contribution in [-0.2, 0) is 13.1 Å². The Morgan fingerprint density at radius 3 is 2.50 bits per heavy atom. The molecule has 2 aromatic rings. The molecular weight excluding hydrogens is 380 g/mol. The number of hydrogen-bond acceptors (Lipinski definition) is 4. The Kier molecular flexibility index (Phi) is 7.94. The lowest BCUT2D eigenvalue weighted by Crippen LogP contribution is -2.36. The third-order valence-electron chi connectivity index (χ3n) is 4.69. The van der Waals surface area contributed by atoms with Gasteiger partial charge in [0.1, 0.15) is 0 Å². The van der Waals surface area contributed by atoms with Gasteiger partial charge in [-0.3, -0.25) is 4.79 Å². The maximum Gasteiger partial charge on any atom is 0.251 e. The first kappa shape index (κ1) is 21.5. The van der Waals surface area contributed by atoms with Gasteiger partial charge in [0.25, 0.3) is 5.91 Å². The molecule has 1 aliphatic heterocycles. The van der Waals surface area contributed by atoms with Crippen LogP contribution >= 0.6 is 0 Å². The van der Waals surface area contributed by atoms with Gasteiger partial charge in [-0.1, -0.05) is 31.5 Å². The Balaban J connectivity index is 1.53. The van der Waals surface area contributed by atoms with Crippen LogP contribution in [0.1, 0.15) is 48.2 Å². The van der Waals surface area contributed by atoms with Crippen LogP contribution in [0.3, 0.4) is 0 Å². The fourth-order valence-electron chi connectivity index (χ4n) is 2.99. The largest absolute Gasteiger partial charge is 0.454 e. The van der Waals surface area contributed by atoms with E-state index in [1.54, 1.807) is 0 Å². The van der Waals surface area contributed by atoms with E-state index in [4.69, 9.17) is 9.47 Å². The number of fused-ring (bicyclic) bond motifs is 1. The summed E-state index contributed by atoms with van der Waals surface area (Å²) in [6, 6.07) is 13.5. The predicted molar refractivity (Wildman–Crippen MR) is 118 cm³/mol. The Bertz CT molecular complexity index is 865. The molecule has 7 nitrogen and oxygen atoms in total. The highest BCUT2D eigenvalue weighted by atomic mass is 16.7. The smallest absolute Gasteiger partial charge is 0.251 e. The quantitative estimate of drug-likeness (QED) is 0.336. The lowest BCUT2D eigenvalue weighted by molar-refractivity contribution is 0.0953. The lowest BCUT2D eigenvalue weighted by Gasteiger charge is -2.12. The zero-order valence-corrected chi connectivity index (χ0v) is 17.7. The molecule has 0 saturated heterocycles. The highest BCUT2D eigenvalue weighted by Crippen LogP contribution is 2.32. The number of nitrogens with one attached hydrogen (secondary N) is 3. The number of rotatable bonds is 9. The first-order chi connectivity index (χ1) is 14.7. The number of aliphatic imine (C=N–C) groups is 1. The summed E-state index contributed by atoms with van der Waals surface area (Å²) in [6.45, 7) is 7.03. The van der Waals surface area contributed by atoms with Crippen LogP contribution in [0, 0.1) is 0 Å². The van der Waals surface area contributed by atoms with E-state index in [2.05, 4.69) is 27.9 Å². The fraction of sp³-hybridized carbons (Fsp3) is 0.391. The van der Waals surface area contributed by atoms with Gasteiger partial charge >= 0.3 is 0 Å². The summed E-state index contributed by atoms with van der Waals surface area (Å²) in [4.78, 5) is 16.7. The summed E-state index contributed by atoms with van der Waals surface area (Å²) in [5, 5.41) is 9.52. The second-order valence-corrected chi connectivity index (χ2v) is 7.04. The van der Waals surface area contributed by atoms with Crippen LogP contribution < -0.4 is 25.4 Å². The molecule has 0 fully saturated rings. The van der Waals surface area contributed by atoms with Crippen LogP contribution in [0.5, 0.6) is 11.5 Å². The first-order valence-electron chi connectivity index (χ1n) is 10.5. The van der Waals surface area contributed by atoms with E-state index < -0.39 is 0 Å². The van der Waals surface area contributed by atoms with Crippen LogP contribution in [-0.4, -0.2) is 31.7 Å². The molecular formula is C23H30N4O3. The monoisotopic (exact) mass is 410 g/mol. The molecule has 1 heterocycles. The summed E-state index contributed by atoms with van der Waals surface area (Å²) < 4.78 is 10.8. The molecule has 7 heteroatoms. The summed E-state index contributed by atoms with van der Waals surface area (Å²) in [6.07, 6.45) is 2.06. The highest BCUT2D eigenvalue weighted by Gasteiger charge is 2.13. The molecule has 160 valence electrons. The van der Waals surface area contributed by atoms with Crippen molar-refractivity contribution in [2.24, 2.45) is 4.99 Å². The number of nitrogens with zero attached hydrogens (tertiary/aromatic N) is 1. The molecule has 0 aromatic heterocycles. The third-order valence-corrected chi connectivity index (χ3v) is 4.69. The van der Waals surface area contributed by atoms with E-state index in [0.717, 1.165) is 48.0 Å². The van der Waals surface area contributed by atoms with Gasteiger partial charge in [-0.15, -0.1) is 0 Å². The van der Waals surface area contributed by atoms with Crippen LogP contribution in [0.15, 0.2) is 47.5 Å². The molecule has 0 bridgehead atoms. The SMILES string of the molecule is CCCCNC(=O)c1ccc(CNC(=NCc2ccc3c(c2)OCO3)NCC)cc1. The Labute approximate surface area is 177 Å². The normalized spacial score (nSPS) is 12.5. The van der Waals surface area contributed by atoms with Gasteiger partial charge in [0.15, 0.2) is 17.5 Å². The van der Waals surface area contributed by atoms with Gasteiger partial charge < -0.3 is 25.4 Å². The summed E-state index contributed by atoms with van der Waals surface area (Å²) in [7, 11) is 0. The van der Waals surface area contributed by atoms with Gasteiger partial charge in [0.2, 0.25) is 6.79 Å². The zero-order chi connectivity index (χ0) is 21.2. The van der Waals surface area contributed by atoms with E-state index in [1.807, 2.05) is 49.4 Å². The molecule has 3 rings (SSSR count). The van der Waals surface area contributed by atoms with Gasteiger partial charge in [-0.2, -0.15) is 0 Å². The molecule has 0 saturated carbocycles. The zero-order valence-electron chi connectivity index (χ0n) is 17.7. The van der Waals surface area contributed by atoms with Crippen LogP contribution in [0.25, 0.3) is 0 Å². The minimum atomic E-state index is -0.0263. The maximum atomic E-state index is 12.1. The predicted octanol–water partition coefficient (Wildman–Crippen LogP) is 3.20. The standard InChI is InChI=1S/C23H30N4O3/c1-3-5-12-25-22(28)19-9-6-17(7-10-19)14-26-23(24-4-2)27-15-18-8-11-20-21(13-18)30-16-29-20/h6-11,13H,3-5,12,14-16H2,1-2H3,(H,25,28)(H2,24,26,27). The van der Waals surface area contributed by atoms with Crippen molar-refractivity contribution in [1.29, 1.82) is 0 Å². The lowest BCUT2D eigenvalue weighted by atomic mass is 10.1. The fourth-order valence-corrected chi connectivity index (χ4v) is 2.99. The minimum Gasteiger partial charge on any atom is -0.454 e. The number of amides is 1. The number of hydrogen-bond donors (Lipinski definition) is 3. The minimum absolute atomic E-state index is 0.0263.